The lowest BCUT2D eigenvalue weighted by molar-refractivity contribution is 0.0320. The van der Waals surface area contributed by atoms with E-state index in [9.17, 15) is 0 Å². The third-order valence-electron chi connectivity index (χ3n) is 3.31. The number of methoxy groups -OCH3 is 1. The van der Waals surface area contributed by atoms with Crippen LogP contribution in [0.4, 0.5) is 0 Å². The lowest BCUT2D eigenvalue weighted by atomic mass is 10.1. The second kappa shape index (κ2) is 12.4. The number of hydrogen-bond acceptors (Lipinski definition) is 4. The van der Waals surface area contributed by atoms with Crippen LogP contribution in [-0.4, -0.2) is 77.1 Å². The summed E-state index contributed by atoms with van der Waals surface area (Å²) >= 11 is 0. The molecule has 7 heteroatoms. The highest BCUT2D eigenvalue weighted by Gasteiger charge is 2.14. The molecule has 0 radical (unpaired) electrons. The molecule has 1 heterocycles. The summed E-state index contributed by atoms with van der Waals surface area (Å²) in [5.41, 5.74) is 0. The van der Waals surface area contributed by atoms with E-state index >= 15 is 0 Å². The molecule has 0 bridgehead atoms. The molecule has 0 saturated carbocycles. The van der Waals surface area contributed by atoms with Gasteiger partial charge in [-0.15, -0.1) is 24.0 Å². The normalized spacial score (nSPS) is 19.5. The van der Waals surface area contributed by atoms with Crippen molar-refractivity contribution in [3.8, 4) is 0 Å². The summed E-state index contributed by atoms with van der Waals surface area (Å²) in [7, 11) is 3.50. The van der Waals surface area contributed by atoms with Gasteiger partial charge in [0.05, 0.1) is 19.8 Å². The Balaban J connectivity index is 0.00000400. The maximum atomic E-state index is 5.37. The molecule has 1 fully saturated rings. The molecule has 2 atom stereocenters. The Morgan fingerprint density at radius 2 is 2.00 bits per heavy atom. The second-order valence-electron chi connectivity index (χ2n) is 5.47. The van der Waals surface area contributed by atoms with E-state index in [1.165, 1.54) is 0 Å². The SMILES string of the molecule is CN=C(NCC(C)CN1CCOCC1)NC(C)COC.I. The van der Waals surface area contributed by atoms with Crippen molar-refractivity contribution in [2.75, 3.05) is 60.2 Å². The fourth-order valence-corrected chi connectivity index (χ4v) is 2.28. The van der Waals surface area contributed by atoms with Gasteiger partial charge in [0.2, 0.25) is 0 Å². The Hall–Kier alpha value is -0.120. The molecule has 0 aromatic rings. The molecule has 21 heavy (non-hydrogen) atoms. The second-order valence-corrected chi connectivity index (χ2v) is 5.47. The van der Waals surface area contributed by atoms with Gasteiger partial charge in [-0.25, -0.2) is 0 Å². The minimum absolute atomic E-state index is 0. The minimum atomic E-state index is 0. The molecule has 0 spiro atoms. The number of guanidine groups is 1. The van der Waals surface area contributed by atoms with Gasteiger partial charge in [0.25, 0.3) is 0 Å². The number of hydrogen-bond donors (Lipinski definition) is 2. The molecule has 0 aromatic carbocycles. The van der Waals surface area contributed by atoms with Gasteiger partial charge in [-0.05, 0) is 12.8 Å². The number of nitrogens with zero attached hydrogens (tertiary/aromatic N) is 2. The zero-order valence-corrected chi connectivity index (χ0v) is 16.1. The molecule has 126 valence electrons. The Morgan fingerprint density at radius 3 is 2.57 bits per heavy atom. The predicted molar refractivity (Wildman–Crippen MR) is 97.7 cm³/mol. The van der Waals surface area contributed by atoms with Crippen LogP contribution in [0.5, 0.6) is 0 Å². The highest BCUT2D eigenvalue weighted by Crippen LogP contribution is 2.02. The summed E-state index contributed by atoms with van der Waals surface area (Å²) in [6.07, 6.45) is 0. The monoisotopic (exact) mass is 414 g/mol. The van der Waals surface area contributed by atoms with Crippen LogP contribution >= 0.6 is 24.0 Å². The first-order valence-corrected chi connectivity index (χ1v) is 7.42. The summed E-state index contributed by atoms with van der Waals surface area (Å²) in [5, 5.41) is 6.68. The van der Waals surface area contributed by atoms with Gasteiger partial charge in [0, 0.05) is 46.4 Å². The number of nitrogens with one attached hydrogen (secondary N) is 2. The molecule has 1 aliphatic heterocycles. The Bertz CT molecular complexity index is 286. The van der Waals surface area contributed by atoms with E-state index in [1.807, 2.05) is 0 Å². The first-order valence-electron chi connectivity index (χ1n) is 7.42. The lowest BCUT2D eigenvalue weighted by Crippen LogP contribution is -2.46. The maximum absolute atomic E-state index is 5.37. The van der Waals surface area contributed by atoms with Crippen molar-refractivity contribution < 1.29 is 9.47 Å². The summed E-state index contributed by atoms with van der Waals surface area (Å²) in [5.74, 6) is 1.41. The average molecular weight is 414 g/mol. The topological polar surface area (TPSA) is 58.1 Å². The van der Waals surface area contributed by atoms with Crippen LogP contribution in [0.2, 0.25) is 0 Å². The lowest BCUT2D eigenvalue weighted by Gasteiger charge is -2.29. The number of halogens is 1. The summed E-state index contributed by atoms with van der Waals surface area (Å²) in [6, 6.07) is 0.251. The molecular weight excluding hydrogens is 383 g/mol. The van der Waals surface area contributed by atoms with Gasteiger partial charge in [0.1, 0.15) is 0 Å². The van der Waals surface area contributed by atoms with E-state index < -0.39 is 0 Å². The minimum Gasteiger partial charge on any atom is -0.383 e. The van der Waals surface area contributed by atoms with Crippen LogP contribution in [0.3, 0.4) is 0 Å². The molecule has 2 unspecified atom stereocenters. The highest BCUT2D eigenvalue weighted by atomic mass is 127. The van der Waals surface area contributed by atoms with Crippen LogP contribution in [0.15, 0.2) is 4.99 Å². The van der Waals surface area contributed by atoms with Crippen molar-refractivity contribution in [2.45, 2.75) is 19.9 Å². The Labute approximate surface area is 146 Å². The maximum Gasteiger partial charge on any atom is 0.191 e. The number of ether oxygens (including phenoxy) is 2. The van der Waals surface area contributed by atoms with E-state index in [-0.39, 0.29) is 30.0 Å². The average Bonchev–Trinajstić information content (AvgIpc) is 2.44. The van der Waals surface area contributed by atoms with E-state index in [0.717, 1.165) is 45.4 Å². The number of morpholine rings is 1. The summed E-state index contributed by atoms with van der Waals surface area (Å²) in [6.45, 7) is 10.8. The third kappa shape index (κ3) is 9.49. The standard InChI is InChI=1S/C14H30N4O2.HI/c1-12(10-18-5-7-20-8-6-18)9-16-14(15-3)17-13(2)11-19-4;/h12-13H,5-11H2,1-4H3,(H2,15,16,17);1H. The van der Waals surface area contributed by atoms with E-state index in [1.54, 1.807) is 14.2 Å². The molecule has 0 aliphatic carbocycles. The van der Waals surface area contributed by atoms with Crippen molar-refractivity contribution in [1.29, 1.82) is 0 Å². The van der Waals surface area contributed by atoms with Crippen LogP contribution in [0.1, 0.15) is 13.8 Å². The number of rotatable bonds is 7. The molecule has 0 amide bonds. The molecule has 1 saturated heterocycles. The zero-order chi connectivity index (χ0) is 14.8. The number of aliphatic imine (C=N–C) groups is 1. The summed E-state index contributed by atoms with van der Waals surface area (Å²) in [4.78, 5) is 6.69. The molecule has 2 N–H and O–H groups in total. The first-order chi connectivity index (χ1) is 9.65. The van der Waals surface area contributed by atoms with Crippen molar-refractivity contribution in [3.63, 3.8) is 0 Å². The van der Waals surface area contributed by atoms with Crippen molar-refractivity contribution in [3.05, 3.63) is 0 Å². The van der Waals surface area contributed by atoms with Crippen LogP contribution in [0, 0.1) is 5.92 Å². The van der Waals surface area contributed by atoms with Crippen molar-refractivity contribution in [2.24, 2.45) is 10.9 Å². The van der Waals surface area contributed by atoms with Crippen LogP contribution < -0.4 is 10.6 Å². The van der Waals surface area contributed by atoms with Gasteiger partial charge in [0.15, 0.2) is 5.96 Å². The quantitative estimate of drug-likeness (QED) is 0.366. The largest absolute Gasteiger partial charge is 0.383 e. The van der Waals surface area contributed by atoms with Crippen LogP contribution in [0.25, 0.3) is 0 Å². The zero-order valence-electron chi connectivity index (χ0n) is 13.7. The first kappa shape index (κ1) is 20.9. The smallest absolute Gasteiger partial charge is 0.191 e. The van der Waals surface area contributed by atoms with Gasteiger partial charge >= 0.3 is 0 Å². The van der Waals surface area contributed by atoms with E-state index in [4.69, 9.17) is 9.47 Å². The molecular formula is C14H31IN4O2. The fourth-order valence-electron chi connectivity index (χ4n) is 2.28. The Kier molecular flexibility index (Phi) is 12.4. The third-order valence-corrected chi connectivity index (χ3v) is 3.31. The molecule has 0 aromatic heterocycles. The van der Waals surface area contributed by atoms with Gasteiger partial charge in [-0.3, -0.25) is 9.89 Å². The van der Waals surface area contributed by atoms with Gasteiger partial charge in [-0.2, -0.15) is 0 Å². The van der Waals surface area contributed by atoms with Gasteiger partial charge < -0.3 is 20.1 Å². The summed E-state index contributed by atoms with van der Waals surface area (Å²) < 4.78 is 10.5. The molecule has 1 aliphatic rings. The molecule has 1 rings (SSSR count). The van der Waals surface area contributed by atoms with E-state index in [2.05, 4.69) is 34.4 Å². The Morgan fingerprint density at radius 1 is 1.33 bits per heavy atom. The highest BCUT2D eigenvalue weighted by molar-refractivity contribution is 14.0. The van der Waals surface area contributed by atoms with Crippen molar-refractivity contribution in [1.82, 2.24) is 15.5 Å². The predicted octanol–water partition coefficient (Wildman–Crippen LogP) is 0.773. The van der Waals surface area contributed by atoms with E-state index in [0.29, 0.717) is 12.5 Å². The molecule has 6 nitrogen and oxygen atoms in total. The van der Waals surface area contributed by atoms with Crippen LogP contribution in [-0.2, 0) is 9.47 Å². The van der Waals surface area contributed by atoms with Crippen molar-refractivity contribution >= 4 is 29.9 Å². The van der Waals surface area contributed by atoms with Gasteiger partial charge in [-0.1, -0.05) is 6.92 Å². The fraction of sp³-hybridized carbons (Fsp3) is 0.929.